The Morgan fingerprint density at radius 1 is 1.18 bits per heavy atom. The zero-order chi connectivity index (χ0) is 15.9. The summed E-state index contributed by atoms with van der Waals surface area (Å²) in [6.45, 7) is 1.82. The number of hydrogen-bond donors (Lipinski definition) is 2. The molecule has 2 N–H and O–H groups in total. The lowest BCUT2D eigenvalue weighted by atomic mass is 9.94. The molecule has 1 heterocycles. The number of benzene rings is 2. The van der Waals surface area contributed by atoms with Crippen LogP contribution in [0.2, 0.25) is 0 Å². The van der Waals surface area contributed by atoms with E-state index in [4.69, 9.17) is 9.47 Å². The minimum atomic E-state index is -0.502. The normalized spacial score (nSPS) is 16.8. The molecule has 1 aliphatic rings. The van der Waals surface area contributed by atoms with Crippen LogP contribution in [0.15, 0.2) is 30.3 Å². The SMILES string of the molecule is COc1ccc([C@@H]2CC(=O)c3c(O)cc(C)cc3O2)cc1O. The van der Waals surface area contributed by atoms with Crippen LogP contribution in [0.25, 0.3) is 0 Å². The maximum Gasteiger partial charge on any atom is 0.174 e. The van der Waals surface area contributed by atoms with Gasteiger partial charge in [0.15, 0.2) is 17.3 Å². The van der Waals surface area contributed by atoms with Gasteiger partial charge in [0, 0.05) is 0 Å². The number of aryl methyl sites for hydroxylation is 1. The number of phenolic OH excluding ortho intramolecular Hbond substituents is 2. The Balaban J connectivity index is 1.98. The number of hydrogen-bond acceptors (Lipinski definition) is 5. The predicted molar refractivity (Wildman–Crippen MR) is 79.8 cm³/mol. The number of ether oxygens (including phenoxy) is 2. The predicted octanol–water partition coefficient (Wildman–Crippen LogP) is 3.12. The van der Waals surface area contributed by atoms with E-state index in [2.05, 4.69) is 0 Å². The Kier molecular flexibility index (Phi) is 3.41. The third kappa shape index (κ3) is 2.35. The van der Waals surface area contributed by atoms with Crippen LogP contribution < -0.4 is 9.47 Å². The molecular formula is C17H16O5. The van der Waals surface area contributed by atoms with E-state index in [0.717, 1.165) is 5.56 Å². The Morgan fingerprint density at radius 3 is 2.64 bits per heavy atom. The third-order valence-electron chi connectivity index (χ3n) is 3.72. The largest absolute Gasteiger partial charge is 0.507 e. The van der Waals surface area contributed by atoms with E-state index in [9.17, 15) is 15.0 Å². The molecule has 0 radical (unpaired) electrons. The summed E-state index contributed by atoms with van der Waals surface area (Å²) in [4.78, 5) is 12.3. The van der Waals surface area contributed by atoms with E-state index in [1.165, 1.54) is 13.2 Å². The lowest BCUT2D eigenvalue weighted by Gasteiger charge is -2.26. The number of aromatic hydroxyl groups is 2. The molecule has 3 rings (SSSR count). The summed E-state index contributed by atoms with van der Waals surface area (Å²) in [6.07, 6.45) is -0.395. The van der Waals surface area contributed by atoms with Gasteiger partial charge in [0.05, 0.1) is 13.5 Å². The molecule has 0 fully saturated rings. The van der Waals surface area contributed by atoms with E-state index in [1.54, 1.807) is 24.3 Å². The molecule has 0 amide bonds. The van der Waals surface area contributed by atoms with Crippen molar-refractivity contribution in [3.63, 3.8) is 0 Å². The van der Waals surface area contributed by atoms with Crippen LogP contribution >= 0.6 is 0 Å². The van der Waals surface area contributed by atoms with Crippen LogP contribution in [0.4, 0.5) is 0 Å². The fraction of sp³-hybridized carbons (Fsp3) is 0.235. The van der Waals surface area contributed by atoms with Gasteiger partial charge < -0.3 is 19.7 Å². The van der Waals surface area contributed by atoms with Crippen molar-refractivity contribution < 1.29 is 24.5 Å². The molecule has 0 bridgehead atoms. The van der Waals surface area contributed by atoms with Crippen molar-refractivity contribution in [1.82, 2.24) is 0 Å². The van der Waals surface area contributed by atoms with Crippen LogP contribution in [-0.4, -0.2) is 23.1 Å². The standard InChI is InChI=1S/C17H16O5/c1-9-5-12(19)17-13(20)8-15(22-16(17)6-9)10-3-4-14(21-2)11(18)7-10/h3-7,15,18-19H,8H2,1-2H3/t15-/m0/s1. The van der Waals surface area contributed by atoms with Crippen molar-refractivity contribution in [3.8, 4) is 23.0 Å². The van der Waals surface area contributed by atoms with Gasteiger partial charge in [-0.25, -0.2) is 0 Å². The molecule has 1 aliphatic heterocycles. The summed E-state index contributed by atoms with van der Waals surface area (Å²) < 4.78 is 10.9. The van der Waals surface area contributed by atoms with Crippen LogP contribution in [-0.2, 0) is 0 Å². The fourth-order valence-electron chi connectivity index (χ4n) is 2.67. The molecule has 0 spiro atoms. The van der Waals surface area contributed by atoms with Gasteiger partial charge in [0.1, 0.15) is 23.2 Å². The molecule has 114 valence electrons. The van der Waals surface area contributed by atoms with Gasteiger partial charge >= 0.3 is 0 Å². The summed E-state index contributed by atoms with van der Waals surface area (Å²) in [7, 11) is 1.47. The molecule has 2 aromatic rings. The van der Waals surface area contributed by atoms with Crippen molar-refractivity contribution in [1.29, 1.82) is 0 Å². The van der Waals surface area contributed by atoms with Crippen LogP contribution in [0, 0.1) is 6.92 Å². The summed E-state index contributed by atoms with van der Waals surface area (Å²) in [5.41, 5.74) is 1.71. The molecule has 2 aromatic carbocycles. The van der Waals surface area contributed by atoms with Crippen LogP contribution in [0.3, 0.4) is 0 Å². The highest BCUT2D eigenvalue weighted by Crippen LogP contribution is 2.41. The van der Waals surface area contributed by atoms with Crippen molar-refractivity contribution in [2.24, 2.45) is 0 Å². The molecule has 0 saturated heterocycles. The van der Waals surface area contributed by atoms with E-state index in [0.29, 0.717) is 17.1 Å². The van der Waals surface area contributed by atoms with E-state index >= 15 is 0 Å². The Bertz CT molecular complexity index is 751. The quantitative estimate of drug-likeness (QED) is 0.891. The minimum absolute atomic E-state index is 0.00562. The molecule has 0 aliphatic carbocycles. The summed E-state index contributed by atoms with van der Waals surface area (Å²) in [6, 6.07) is 8.17. The maximum atomic E-state index is 12.3. The van der Waals surface area contributed by atoms with Crippen molar-refractivity contribution in [3.05, 3.63) is 47.0 Å². The van der Waals surface area contributed by atoms with E-state index < -0.39 is 6.10 Å². The van der Waals surface area contributed by atoms with Gasteiger partial charge in [-0.15, -0.1) is 0 Å². The zero-order valence-corrected chi connectivity index (χ0v) is 12.3. The van der Waals surface area contributed by atoms with Crippen molar-refractivity contribution in [2.45, 2.75) is 19.4 Å². The molecule has 0 unspecified atom stereocenters. The molecule has 5 nitrogen and oxygen atoms in total. The van der Waals surface area contributed by atoms with E-state index in [-0.39, 0.29) is 29.3 Å². The summed E-state index contributed by atoms with van der Waals surface area (Å²) >= 11 is 0. The molecule has 5 heteroatoms. The highest BCUT2D eigenvalue weighted by atomic mass is 16.5. The number of carbonyl (C=O) groups excluding carboxylic acids is 1. The first-order chi connectivity index (χ1) is 10.5. The number of carbonyl (C=O) groups is 1. The highest BCUT2D eigenvalue weighted by Gasteiger charge is 2.30. The molecule has 0 saturated carbocycles. The van der Waals surface area contributed by atoms with Crippen LogP contribution in [0.5, 0.6) is 23.0 Å². The Morgan fingerprint density at radius 2 is 1.95 bits per heavy atom. The van der Waals surface area contributed by atoms with Gasteiger partial charge in [-0.2, -0.15) is 0 Å². The number of methoxy groups -OCH3 is 1. The smallest absolute Gasteiger partial charge is 0.174 e. The summed E-state index contributed by atoms with van der Waals surface area (Å²) in [5.74, 6) is 0.484. The third-order valence-corrected chi connectivity index (χ3v) is 3.72. The second kappa shape index (κ2) is 5.26. The highest BCUT2D eigenvalue weighted by molar-refractivity contribution is 6.02. The fourth-order valence-corrected chi connectivity index (χ4v) is 2.67. The second-order valence-electron chi connectivity index (χ2n) is 5.32. The minimum Gasteiger partial charge on any atom is -0.507 e. The van der Waals surface area contributed by atoms with Crippen molar-refractivity contribution >= 4 is 5.78 Å². The Labute approximate surface area is 127 Å². The average Bonchev–Trinajstić information content (AvgIpc) is 2.45. The number of phenols is 2. The average molecular weight is 300 g/mol. The van der Waals surface area contributed by atoms with Gasteiger partial charge in [0.25, 0.3) is 0 Å². The number of ketones is 1. The Hall–Kier alpha value is -2.69. The monoisotopic (exact) mass is 300 g/mol. The lowest BCUT2D eigenvalue weighted by Crippen LogP contribution is -2.20. The second-order valence-corrected chi connectivity index (χ2v) is 5.32. The van der Waals surface area contributed by atoms with Gasteiger partial charge in [0.2, 0.25) is 0 Å². The number of Topliss-reactive ketones (excluding diaryl/α,β-unsaturated/α-hetero) is 1. The van der Waals surface area contributed by atoms with Gasteiger partial charge in [-0.3, -0.25) is 4.79 Å². The number of rotatable bonds is 2. The zero-order valence-electron chi connectivity index (χ0n) is 12.3. The lowest BCUT2D eigenvalue weighted by molar-refractivity contribution is 0.0845. The van der Waals surface area contributed by atoms with Crippen molar-refractivity contribution in [2.75, 3.05) is 7.11 Å². The first-order valence-electron chi connectivity index (χ1n) is 6.90. The number of fused-ring (bicyclic) bond motifs is 1. The first kappa shape index (κ1) is 14.3. The van der Waals surface area contributed by atoms with Crippen LogP contribution in [0.1, 0.15) is 34.0 Å². The van der Waals surface area contributed by atoms with Gasteiger partial charge in [-0.05, 0) is 42.3 Å². The molecule has 22 heavy (non-hydrogen) atoms. The first-order valence-corrected chi connectivity index (χ1v) is 6.90. The molecule has 1 atom stereocenters. The summed E-state index contributed by atoms with van der Waals surface area (Å²) in [5, 5.41) is 19.8. The van der Waals surface area contributed by atoms with Gasteiger partial charge in [-0.1, -0.05) is 6.07 Å². The van der Waals surface area contributed by atoms with E-state index in [1.807, 2.05) is 6.92 Å². The molecule has 0 aromatic heterocycles. The molecular weight excluding hydrogens is 284 g/mol. The maximum absolute atomic E-state index is 12.3. The topological polar surface area (TPSA) is 76.0 Å².